The summed E-state index contributed by atoms with van der Waals surface area (Å²) in [7, 11) is 0. The van der Waals surface area contributed by atoms with Gasteiger partial charge < -0.3 is 19.5 Å². The van der Waals surface area contributed by atoms with E-state index >= 15 is 0 Å². The number of pyridine rings is 1. The van der Waals surface area contributed by atoms with Crippen LogP contribution in [0.25, 0.3) is 10.4 Å². The van der Waals surface area contributed by atoms with Gasteiger partial charge in [-0.15, -0.1) is 0 Å². The molecule has 9 nitrogen and oxygen atoms in total. The number of hydrogen-bond acceptors (Lipinski definition) is 6. The highest BCUT2D eigenvalue weighted by Gasteiger charge is 2.23. The minimum absolute atomic E-state index is 0.103. The second-order valence-corrected chi connectivity index (χ2v) is 8.02. The van der Waals surface area contributed by atoms with Crippen LogP contribution >= 0.6 is 0 Å². The summed E-state index contributed by atoms with van der Waals surface area (Å²) < 4.78 is 16.9. The molecule has 1 aliphatic heterocycles. The standard InChI is InChI=1S/C20H31N5O4/c1-20(2,3)19(26)24-18-15(13-22-25-21)8-9-17(23-18)29-12-5-4-11-28-16-7-6-10-27-14-16/h8-9,16H,4-7,10-14H2,1-3H3,(H,23,24,26). The molecular formula is C20H31N5O4. The van der Waals surface area contributed by atoms with Gasteiger partial charge in [0.25, 0.3) is 0 Å². The molecule has 160 valence electrons. The van der Waals surface area contributed by atoms with Crippen molar-refractivity contribution in [2.45, 2.75) is 59.1 Å². The second kappa shape index (κ2) is 11.6. The number of nitrogens with zero attached hydrogens (tertiary/aromatic N) is 4. The molecule has 9 heteroatoms. The van der Waals surface area contributed by atoms with Gasteiger partial charge in [0.05, 0.1) is 25.9 Å². The van der Waals surface area contributed by atoms with Crippen molar-refractivity contribution in [1.29, 1.82) is 0 Å². The number of aromatic nitrogens is 1. The van der Waals surface area contributed by atoms with E-state index in [4.69, 9.17) is 19.7 Å². The van der Waals surface area contributed by atoms with E-state index in [1.54, 1.807) is 12.1 Å². The lowest BCUT2D eigenvalue weighted by Crippen LogP contribution is -2.28. The number of rotatable bonds is 10. The van der Waals surface area contributed by atoms with Gasteiger partial charge in [0.2, 0.25) is 11.8 Å². The highest BCUT2D eigenvalue weighted by Crippen LogP contribution is 2.22. The van der Waals surface area contributed by atoms with Gasteiger partial charge in [-0.05, 0) is 37.3 Å². The molecule has 1 N–H and O–H groups in total. The zero-order valence-electron chi connectivity index (χ0n) is 17.5. The minimum atomic E-state index is -0.572. The number of anilines is 1. The molecule has 1 fully saturated rings. The normalized spacial score (nSPS) is 16.7. The summed E-state index contributed by atoms with van der Waals surface area (Å²) in [4.78, 5) is 19.5. The van der Waals surface area contributed by atoms with E-state index < -0.39 is 5.41 Å². The first-order valence-electron chi connectivity index (χ1n) is 10.0. The quantitative estimate of drug-likeness (QED) is 0.270. The summed E-state index contributed by atoms with van der Waals surface area (Å²) in [6.45, 7) is 8.26. The molecule has 0 saturated carbocycles. The monoisotopic (exact) mass is 405 g/mol. The molecule has 0 aromatic carbocycles. The van der Waals surface area contributed by atoms with Gasteiger partial charge in [0.1, 0.15) is 5.82 Å². The van der Waals surface area contributed by atoms with Crippen LogP contribution in [0, 0.1) is 5.41 Å². The average molecular weight is 405 g/mol. The number of hydrogen-bond donors (Lipinski definition) is 1. The second-order valence-electron chi connectivity index (χ2n) is 8.02. The summed E-state index contributed by atoms with van der Waals surface area (Å²) >= 11 is 0. The van der Waals surface area contributed by atoms with Crippen molar-refractivity contribution < 1.29 is 19.0 Å². The van der Waals surface area contributed by atoms with Gasteiger partial charge in [-0.2, -0.15) is 4.98 Å². The van der Waals surface area contributed by atoms with Crippen LogP contribution in [-0.2, 0) is 20.8 Å². The smallest absolute Gasteiger partial charge is 0.230 e. The predicted octanol–water partition coefficient (Wildman–Crippen LogP) is 4.23. The molecule has 0 spiro atoms. The molecule has 2 rings (SSSR count). The first-order chi connectivity index (χ1) is 13.9. The van der Waals surface area contributed by atoms with Crippen LogP contribution in [0.15, 0.2) is 17.2 Å². The summed E-state index contributed by atoms with van der Waals surface area (Å²) in [6.07, 6.45) is 4.05. The molecule has 0 bridgehead atoms. The number of carbonyl (C=O) groups excluding carboxylic acids is 1. The van der Waals surface area contributed by atoms with Gasteiger partial charge in [-0.1, -0.05) is 25.9 Å². The Morgan fingerprint density at radius 3 is 2.86 bits per heavy atom. The molecule has 1 atom stereocenters. The Balaban J connectivity index is 1.83. The van der Waals surface area contributed by atoms with Crippen LogP contribution in [0.5, 0.6) is 5.88 Å². The predicted molar refractivity (Wildman–Crippen MR) is 110 cm³/mol. The third-order valence-electron chi connectivity index (χ3n) is 4.43. The lowest BCUT2D eigenvalue weighted by atomic mass is 9.95. The van der Waals surface area contributed by atoms with Crippen molar-refractivity contribution in [1.82, 2.24) is 4.98 Å². The Kier molecular flexibility index (Phi) is 9.18. The first-order valence-corrected chi connectivity index (χ1v) is 10.0. The Bertz CT molecular complexity index is 707. The number of azide groups is 1. The lowest BCUT2D eigenvalue weighted by Gasteiger charge is -2.22. The highest BCUT2D eigenvalue weighted by atomic mass is 16.5. The zero-order chi connectivity index (χ0) is 21.1. The fourth-order valence-corrected chi connectivity index (χ4v) is 2.66. The van der Waals surface area contributed by atoms with E-state index in [9.17, 15) is 4.79 Å². The number of unbranched alkanes of at least 4 members (excludes halogenated alkanes) is 1. The van der Waals surface area contributed by atoms with Gasteiger partial charge >= 0.3 is 0 Å². The minimum Gasteiger partial charge on any atom is -0.478 e. The largest absolute Gasteiger partial charge is 0.478 e. The van der Waals surface area contributed by atoms with E-state index in [-0.39, 0.29) is 18.6 Å². The van der Waals surface area contributed by atoms with Crippen molar-refractivity contribution in [2.24, 2.45) is 10.5 Å². The number of ether oxygens (including phenoxy) is 3. The molecule has 29 heavy (non-hydrogen) atoms. The van der Waals surface area contributed by atoms with Crippen molar-refractivity contribution in [3.05, 3.63) is 28.1 Å². The number of carbonyl (C=O) groups is 1. The van der Waals surface area contributed by atoms with Gasteiger partial charge in [-0.25, -0.2) is 0 Å². The number of amides is 1. The van der Waals surface area contributed by atoms with E-state index in [1.165, 1.54) is 0 Å². The summed E-state index contributed by atoms with van der Waals surface area (Å²) in [5.74, 6) is 0.601. The molecule has 2 heterocycles. The van der Waals surface area contributed by atoms with Crippen LogP contribution in [-0.4, -0.2) is 43.4 Å². The maximum absolute atomic E-state index is 12.3. The first kappa shape index (κ1) is 22.9. The van der Waals surface area contributed by atoms with Crippen LogP contribution in [0.3, 0.4) is 0 Å². The van der Waals surface area contributed by atoms with Crippen molar-refractivity contribution in [3.8, 4) is 5.88 Å². The molecule has 0 radical (unpaired) electrons. The Morgan fingerprint density at radius 2 is 2.17 bits per heavy atom. The maximum Gasteiger partial charge on any atom is 0.230 e. The van der Waals surface area contributed by atoms with E-state index in [0.29, 0.717) is 37.1 Å². The molecule has 1 aromatic heterocycles. The Hall–Kier alpha value is -2.35. The molecule has 1 aromatic rings. The van der Waals surface area contributed by atoms with Gasteiger partial charge in [-0.3, -0.25) is 4.79 Å². The maximum atomic E-state index is 12.3. The molecule has 1 amide bonds. The SMILES string of the molecule is CC(C)(C)C(=O)Nc1nc(OCCCCOC2CCCOC2)ccc1CN=[N+]=[N-]. The van der Waals surface area contributed by atoms with Gasteiger partial charge in [0, 0.05) is 35.2 Å². The zero-order valence-corrected chi connectivity index (χ0v) is 17.5. The van der Waals surface area contributed by atoms with E-state index in [1.807, 2.05) is 20.8 Å². The summed E-state index contributed by atoms with van der Waals surface area (Å²) in [6, 6.07) is 3.46. The summed E-state index contributed by atoms with van der Waals surface area (Å²) in [5, 5.41) is 6.36. The molecule has 1 unspecified atom stereocenters. The Labute approximate surface area is 171 Å². The third kappa shape index (κ3) is 8.27. The average Bonchev–Trinajstić information content (AvgIpc) is 2.70. The lowest BCUT2D eigenvalue weighted by molar-refractivity contribution is -0.123. The molecule has 0 aliphatic carbocycles. The molecule has 1 saturated heterocycles. The molecular weight excluding hydrogens is 374 g/mol. The highest BCUT2D eigenvalue weighted by molar-refractivity contribution is 5.94. The fraction of sp³-hybridized carbons (Fsp3) is 0.700. The van der Waals surface area contributed by atoms with Crippen LogP contribution in [0.2, 0.25) is 0 Å². The van der Waals surface area contributed by atoms with Crippen molar-refractivity contribution in [3.63, 3.8) is 0 Å². The van der Waals surface area contributed by atoms with Crippen molar-refractivity contribution in [2.75, 3.05) is 31.7 Å². The van der Waals surface area contributed by atoms with Crippen LogP contribution in [0.4, 0.5) is 5.82 Å². The summed E-state index contributed by atoms with van der Waals surface area (Å²) in [5.41, 5.74) is 8.63. The topological polar surface area (TPSA) is 118 Å². The van der Waals surface area contributed by atoms with Crippen LogP contribution < -0.4 is 10.1 Å². The Morgan fingerprint density at radius 1 is 1.38 bits per heavy atom. The van der Waals surface area contributed by atoms with E-state index in [0.717, 1.165) is 32.3 Å². The van der Waals surface area contributed by atoms with Crippen LogP contribution in [0.1, 0.15) is 52.0 Å². The van der Waals surface area contributed by atoms with E-state index in [2.05, 4.69) is 20.3 Å². The third-order valence-corrected chi connectivity index (χ3v) is 4.43. The van der Waals surface area contributed by atoms with Gasteiger partial charge in [0.15, 0.2) is 0 Å². The number of nitrogens with one attached hydrogen (secondary N) is 1. The molecule has 1 aliphatic rings. The van der Waals surface area contributed by atoms with Crippen molar-refractivity contribution >= 4 is 11.7 Å². The fourth-order valence-electron chi connectivity index (χ4n) is 2.66.